The molecule has 0 unspecified atom stereocenters. The van der Waals surface area contributed by atoms with Gasteiger partial charge in [0.05, 0.1) is 0 Å². The lowest BCUT2D eigenvalue weighted by atomic mass is 10.2. The molecule has 0 saturated carbocycles. The van der Waals surface area contributed by atoms with Crippen LogP contribution in [0.3, 0.4) is 0 Å². The van der Waals surface area contributed by atoms with Gasteiger partial charge in [-0.2, -0.15) is 0 Å². The van der Waals surface area contributed by atoms with Crippen molar-refractivity contribution < 1.29 is 5.11 Å². The van der Waals surface area contributed by atoms with Gasteiger partial charge >= 0.3 is 0 Å². The van der Waals surface area contributed by atoms with Crippen LogP contribution in [0, 0.1) is 6.92 Å². The van der Waals surface area contributed by atoms with Crippen LogP contribution in [0.1, 0.15) is 5.56 Å². The number of thiophene rings is 1. The molecule has 1 aromatic carbocycles. The molecular formula is C9H7BrOS. The molecule has 0 bridgehead atoms. The van der Waals surface area contributed by atoms with Gasteiger partial charge in [0.15, 0.2) is 5.06 Å². The van der Waals surface area contributed by atoms with Gasteiger partial charge in [-0.15, -0.1) is 0 Å². The fourth-order valence-corrected chi connectivity index (χ4v) is 2.68. The number of rotatable bonds is 0. The Balaban J connectivity index is 2.93. The lowest BCUT2D eigenvalue weighted by Gasteiger charge is -1.96. The Morgan fingerprint density at radius 1 is 1.42 bits per heavy atom. The summed E-state index contributed by atoms with van der Waals surface area (Å²) in [6.45, 7) is 2.05. The summed E-state index contributed by atoms with van der Waals surface area (Å²) in [7, 11) is 0. The van der Waals surface area contributed by atoms with Crippen LogP contribution in [-0.2, 0) is 0 Å². The Labute approximate surface area is 82.8 Å². The molecule has 0 radical (unpaired) electrons. The molecule has 0 spiro atoms. The lowest BCUT2D eigenvalue weighted by Crippen LogP contribution is -1.71. The van der Waals surface area contributed by atoms with Gasteiger partial charge in [-0.3, -0.25) is 0 Å². The Kier molecular flexibility index (Phi) is 1.85. The molecule has 1 N–H and O–H groups in total. The monoisotopic (exact) mass is 242 g/mol. The average Bonchev–Trinajstić information content (AvgIpc) is 2.41. The third-order valence-electron chi connectivity index (χ3n) is 1.81. The minimum Gasteiger partial charge on any atom is -0.499 e. The van der Waals surface area contributed by atoms with Crippen LogP contribution in [-0.4, -0.2) is 5.11 Å². The van der Waals surface area contributed by atoms with E-state index in [1.54, 1.807) is 6.07 Å². The van der Waals surface area contributed by atoms with Crippen LogP contribution in [0.2, 0.25) is 0 Å². The van der Waals surface area contributed by atoms with Gasteiger partial charge in [0.25, 0.3) is 0 Å². The molecule has 2 aromatic rings. The summed E-state index contributed by atoms with van der Waals surface area (Å²) in [5.41, 5.74) is 1.21. The minimum atomic E-state index is 0.375. The van der Waals surface area contributed by atoms with Crippen LogP contribution in [0.4, 0.5) is 0 Å². The Bertz CT molecular complexity index is 394. The highest BCUT2D eigenvalue weighted by Crippen LogP contribution is 2.36. The van der Waals surface area contributed by atoms with E-state index < -0.39 is 0 Å². The molecule has 0 aliphatic heterocycles. The van der Waals surface area contributed by atoms with E-state index in [0.29, 0.717) is 5.06 Å². The highest BCUT2D eigenvalue weighted by atomic mass is 79.9. The SMILES string of the molecule is Cc1ccc(Br)c2cc(O)sc12. The number of hydrogen-bond acceptors (Lipinski definition) is 2. The van der Waals surface area contributed by atoms with Gasteiger partial charge in [0, 0.05) is 20.6 Å². The van der Waals surface area contributed by atoms with Gasteiger partial charge in [0.1, 0.15) is 0 Å². The molecular weight excluding hydrogens is 236 g/mol. The molecule has 12 heavy (non-hydrogen) atoms. The highest BCUT2D eigenvalue weighted by Gasteiger charge is 2.05. The Morgan fingerprint density at radius 2 is 2.17 bits per heavy atom. The molecule has 0 fully saturated rings. The number of aromatic hydroxyl groups is 1. The maximum absolute atomic E-state index is 9.30. The van der Waals surface area contributed by atoms with Gasteiger partial charge in [-0.05, 0) is 18.6 Å². The largest absolute Gasteiger partial charge is 0.499 e. The van der Waals surface area contributed by atoms with Crippen molar-refractivity contribution in [3.8, 4) is 5.06 Å². The zero-order chi connectivity index (χ0) is 8.72. The maximum atomic E-state index is 9.30. The van der Waals surface area contributed by atoms with Crippen LogP contribution in [0.25, 0.3) is 10.1 Å². The first-order valence-corrected chi connectivity index (χ1v) is 5.17. The molecule has 2 rings (SSSR count). The zero-order valence-electron chi connectivity index (χ0n) is 6.47. The van der Waals surface area contributed by atoms with Crippen molar-refractivity contribution in [2.24, 2.45) is 0 Å². The van der Waals surface area contributed by atoms with E-state index in [1.165, 1.54) is 16.9 Å². The quantitative estimate of drug-likeness (QED) is 0.748. The number of benzene rings is 1. The number of halogens is 1. The topological polar surface area (TPSA) is 20.2 Å². The zero-order valence-corrected chi connectivity index (χ0v) is 8.87. The van der Waals surface area contributed by atoms with Crippen molar-refractivity contribution in [1.82, 2.24) is 0 Å². The van der Waals surface area contributed by atoms with E-state index in [1.807, 2.05) is 19.1 Å². The molecule has 3 heteroatoms. The van der Waals surface area contributed by atoms with E-state index in [2.05, 4.69) is 15.9 Å². The molecule has 0 aliphatic rings. The molecule has 0 saturated heterocycles. The van der Waals surface area contributed by atoms with Crippen LogP contribution in [0.15, 0.2) is 22.7 Å². The molecule has 1 aromatic heterocycles. The molecule has 0 atom stereocenters. The van der Waals surface area contributed by atoms with Crippen molar-refractivity contribution in [1.29, 1.82) is 0 Å². The van der Waals surface area contributed by atoms with Crippen molar-refractivity contribution in [2.45, 2.75) is 6.92 Å². The molecule has 1 nitrogen and oxygen atoms in total. The smallest absolute Gasteiger partial charge is 0.172 e. The fraction of sp³-hybridized carbons (Fsp3) is 0.111. The summed E-state index contributed by atoms with van der Waals surface area (Å²) >= 11 is 4.86. The van der Waals surface area contributed by atoms with E-state index in [-0.39, 0.29) is 0 Å². The number of fused-ring (bicyclic) bond motifs is 1. The summed E-state index contributed by atoms with van der Waals surface area (Å²) in [6.07, 6.45) is 0. The van der Waals surface area contributed by atoms with Crippen LogP contribution >= 0.6 is 27.3 Å². The van der Waals surface area contributed by atoms with E-state index in [4.69, 9.17) is 0 Å². The first kappa shape index (κ1) is 8.08. The van der Waals surface area contributed by atoms with Gasteiger partial charge < -0.3 is 5.11 Å². The Hall–Kier alpha value is -0.540. The van der Waals surface area contributed by atoms with Gasteiger partial charge in [-0.25, -0.2) is 0 Å². The molecule has 1 heterocycles. The van der Waals surface area contributed by atoms with Crippen LogP contribution < -0.4 is 0 Å². The molecule has 0 aliphatic carbocycles. The summed E-state index contributed by atoms with van der Waals surface area (Å²) in [5, 5.41) is 10.8. The molecule has 0 amide bonds. The summed E-state index contributed by atoms with van der Waals surface area (Å²) in [4.78, 5) is 0. The second-order valence-corrected chi connectivity index (χ2v) is 4.58. The fourth-order valence-electron chi connectivity index (χ4n) is 1.21. The first-order chi connectivity index (χ1) is 5.68. The van der Waals surface area contributed by atoms with Gasteiger partial charge in [0.2, 0.25) is 0 Å². The maximum Gasteiger partial charge on any atom is 0.172 e. The minimum absolute atomic E-state index is 0.375. The summed E-state index contributed by atoms with van der Waals surface area (Å²) in [6, 6.07) is 5.84. The number of aryl methyl sites for hydroxylation is 1. The van der Waals surface area contributed by atoms with Crippen molar-refractivity contribution in [3.05, 3.63) is 28.2 Å². The number of hydrogen-bond donors (Lipinski definition) is 1. The third kappa shape index (κ3) is 1.13. The van der Waals surface area contributed by atoms with Crippen molar-refractivity contribution in [3.63, 3.8) is 0 Å². The van der Waals surface area contributed by atoms with Crippen LogP contribution in [0.5, 0.6) is 5.06 Å². The average molecular weight is 243 g/mol. The normalized spacial score (nSPS) is 10.8. The highest BCUT2D eigenvalue weighted by molar-refractivity contribution is 9.10. The lowest BCUT2D eigenvalue weighted by molar-refractivity contribution is 0.491. The van der Waals surface area contributed by atoms with Crippen molar-refractivity contribution in [2.75, 3.05) is 0 Å². The van der Waals surface area contributed by atoms with Crippen molar-refractivity contribution >= 4 is 37.4 Å². The second kappa shape index (κ2) is 2.75. The predicted molar refractivity (Wildman–Crippen MR) is 55.9 cm³/mol. The predicted octanol–water partition coefficient (Wildman–Crippen LogP) is 3.68. The second-order valence-electron chi connectivity index (χ2n) is 2.69. The third-order valence-corrected chi connectivity index (χ3v) is 3.58. The van der Waals surface area contributed by atoms with Gasteiger partial charge in [-0.1, -0.05) is 33.3 Å². The first-order valence-electron chi connectivity index (χ1n) is 3.56. The van der Waals surface area contributed by atoms with E-state index in [9.17, 15) is 5.11 Å². The van der Waals surface area contributed by atoms with E-state index >= 15 is 0 Å². The Morgan fingerprint density at radius 3 is 2.83 bits per heavy atom. The molecule has 62 valence electrons. The summed E-state index contributed by atoms with van der Waals surface area (Å²) < 4.78 is 2.20. The van der Waals surface area contributed by atoms with E-state index in [0.717, 1.165) is 14.6 Å². The summed E-state index contributed by atoms with van der Waals surface area (Å²) in [5.74, 6) is 0. The standard InChI is InChI=1S/C9H7BrOS/c1-5-2-3-7(10)6-4-8(11)12-9(5)6/h2-4,11H,1H3.